The molecule has 7 nitrogen and oxygen atoms in total. The number of nitrogens with zero attached hydrogens (tertiary/aromatic N) is 2. The van der Waals surface area contributed by atoms with Gasteiger partial charge in [-0.3, -0.25) is 0 Å². The zero-order valence-electron chi connectivity index (χ0n) is 16.6. The molecule has 0 amide bonds. The molecule has 0 unspecified atom stereocenters. The molecule has 0 aliphatic carbocycles. The van der Waals surface area contributed by atoms with Gasteiger partial charge in [0.15, 0.2) is 0 Å². The normalized spacial score (nSPS) is 10.4. The van der Waals surface area contributed by atoms with Crippen LogP contribution in [0.1, 0.15) is 33.3 Å². The molecule has 1 heterocycles. The molecule has 3 rings (SSSR count). The lowest BCUT2D eigenvalue weighted by Crippen LogP contribution is -2.15. The van der Waals surface area contributed by atoms with E-state index in [0.29, 0.717) is 27.6 Å². The Kier molecular flexibility index (Phi) is 6.64. The van der Waals surface area contributed by atoms with Crippen molar-refractivity contribution >= 4 is 23.5 Å². The minimum Gasteiger partial charge on any atom is -0.497 e. The molecule has 0 N–H and O–H groups in total. The highest BCUT2D eigenvalue weighted by Gasteiger charge is 2.23. The van der Waals surface area contributed by atoms with Gasteiger partial charge < -0.3 is 14.2 Å². The fourth-order valence-electron chi connectivity index (χ4n) is 2.73. The number of esters is 2. The Labute approximate surface area is 178 Å². The van der Waals surface area contributed by atoms with Crippen molar-refractivity contribution in [3.63, 3.8) is 0 Å². The third-order valence-corrected chi connectivity index (χ3v) is 4.43. The zero-order valence-corrected chi connectivity index (χ0v) is 17.4. The summed E-state index contributed by atoms with van der Waals surface area (Å²) in [5, 5.41) is 0.536. The van der Waals surface area contributed by atoms with E-state index in [9.17, 15) is 9.59 Å². The first-order valence-corrected chi connectivity index (χ1v) is 9.48. The highest BCUT2D eigenvalue weighted by atomic mass is 35.5. The van der Waals surface area contributed by atoms with Crippen molar-refractivity contribution in [3.8, 4) is 23.0 Å². The third-order valence-electron chi connectivity index (χ3n) is 4.18. The van der Waals surface area contributed by atoms with Crippen LogP contribution in [-0.2, 0) is 4.74 Å². The van der Waals surface area contributed by atoms with Crippen LogP contribution in [0.5, 0.6) is 11.8 Å². The van der Waals surface area contributed by atoms with Gasteiger partial charge in [-0.2, -0.15) is 9.97 Å². The minimum absolute atomic E-state index is 0.175. The molecule has 0 bridgehead atoms. The number of aromatic nitrogens is 2. The Morgan fingerprint density at radius 3 is 2.23 bits per heavy atom. The molecular weight excluding hydrogens is 408 g/mol. The Hall–Kier alpha value is -3.45. The summed E-state index contributed by atoms with van der Waals surface area (Å²) >= 11 is 5.97. The van der Waals surface area contributed by atoms with Crippen LogP contribution in [-0.4, -0.2) is 35.6 Å². The van der Waals surface area contributed by atoms with Crippen LogP contribution in [0.4, 0.5) is 0 Å². The smallest absolute Gasteiger partial charge is 0.345 e. The molecule has 0 saturated heterocycles. The number of methoxy groups -OCH3 is 1. The molecule has 154 valence electrons. The monoisotopic (exact) mass is 426 g/mol. The van der Waals surface area contributed by atoms with Crippen LogP contribution >= 0.6 is 11.6 Å². The van der Waals surface area contributed by atoms with Gasteiger partial charge in [-0.25, -0.2) is 9.59 Å². The van der Waals surface area contributed by atoms with Gasteiger partial charge in [0, 0.05) is 10.6 Å². The molecule has 2 aromatic carbocycles. The van der Waals surface area contributed by atoms with E-state index in [4.69, 9.17) is 25.8 Å². The number of carbonyl (C=O) groups is 2. The second kappa shape index (κ2) is 9.37. The van der Waals surface area contributed by atoms with Crippen LogP contribution in [0.2, 0.25) is 5.02 Å². The van der Waals surface area contributed by atoms with Crippen LogP contribution < -0.4 is 9.47 Å². The molecule has 3 aromatic rings. The maximum absolute atomic E-state index is 12.5. The van der Waals surface area contributed by atoms with Gasteiger partial charge in [0.05, 0.1) is 30.7 Å². The molecule has 0 spiro atoms. The lowest BCUT2D eigenvalue weighted by Gasteiger charge is -2.13. The van der Waals surface area contributed by atoms with E-state index in [2.05, 4.69) is 9.97 Å². The average molecular weight is 427 g/mol. The van der Waals surface area contributed by atoms with Crippen LogP contribution in [0.25, 0.3) is 11.3 Å². The van der Waals surface area contributed by atoms with Crippen molar-refractivity contribution < 1.29 is 23.8 Å². The van der Waals surface area contributed by atoms with Gasteiger partial charge in [0.1, 0.15) is 11.3 Å². The summed E-state index contributed by atoms with van der Waals surface area (Å²) < 4.78 is 15.6. The van der Waals surface area contributed by atoms with Gasteiger partial charge in [0.25, 0.3) is 0 Å². The summed E-state index contributed by atoms with van der Waals surface area (Å²) in [6, 6.07) is 13.0. The fourth-order valence-corrected chi connectivity index (χ4v) is 2.85. The molecule has 0 aliphatic heterocycles. The number of aryl methyl sites for hydroxylation is 1. The van der Waals surface area contributed by atoms with Crippen LogP contribution in [0.3, 0.4) is 0 Å². The van der Waals surface area contributed by atoms with E-state index in [-0.39, 0.29) is 23.9 Å². The van der Waals surface area contributed by atoms with Crippen molar-refractivity contribution in [2.75, 3.05) is 13.7 Å². The number of hydrogen-bond donors (Lipinski definition) is 0. The van der Waals surface area contributed by atoms with Crippen molar-refractivity contribution in [2.24, 2.45) is 0 Å². The van der Waals surface area contributed by atoms with Gasteiger partial charge in [-0.1, -0.05) is 23.7 Å². The Balaban J connectivity index is 2.00. The first-order chi connectivity index (χ1) is 14.4. The average Bonchev–Trinajstić information content (AvgIpc) is 2.74. The Bertz CT molecular complexity index is 1070. The van der Waals surface area contributed by atoms with Crippen molar-refractivity contribution in [3.05, 3.63) is 70.4 Å². The Morgan fingerprint density at radius 2 is 1.63 bits per heavy atom. The largest absolute Gasteiger partial charge is 0.497 e. The van der Waals surface area contributed by atoms with E-state index in [1.807, 2.05) is 0 Å². The molecule has 0 fully saturated rings. The van der Waals surface area contributed by atoms with Crippen LogP contribution in [0, 0.1) is 6.92 Å². The first-order valence-electron chi connectivity index (χ1n) is 9.10. The van der Waals surface area contributed by atoms with E-state index in [1.165, 1.54) is 7.11 Å². The first kappa shape index (κ1) is 21.3. The lowest BCUT2D eigenvalue weighted by atomic mass is 10.0. The van der Waals surface area contributed by atoms with Crippen molar-refractivity contribution in [2.45, 2.75) is 13.8 Å². The number of rotatable bonds is 6. The van der Waals surface area contributed by atoms with Crippen LogP contribution in [0.15, 0.2) is 48.5 Å². The SMILES string of the molecule is CCOC(=O)c1c(C)nc(OC(=O)c2ccc(OC)cc2)nc1-c1ccc(Cl)cc1. The summed E-state index contributed by atoms with van der Waals surface area (Å²) in [6.45, 7) is 3.53. The predicted octanol–water partition coefficient (Wildman–Crippen LogP) is 4.51. The lowest BCUT2D eigenvalue weighted by molar-refractivity contribution is 0.0525. The topological polar surface area (TPSA) is 87.6 Å². The number of hydrogen-bond acceptors (Lipinski definition) is 7. The molecule has 0 saturated carbocycles. The highest BCUT2D eigenvalue weighted by molar-refractivity contribution is 6.30. The molecule has 8 heteroatoms. The van der Waals surface area contributed by atoms with Gasteiger partial charge in [-0.05, 0) is 50.2 Å². The second-order valence-corrected chi connectivity index (χ2v) is 6.60. The predicted molar refractivity (Wildman–Crippen MR) is 111 cm³/mol. The van der Waals surface area contributed by atoms with E-state index in [0.717, 1.165) is 0 Å². The highest BCUT2D eigenvalue weighted by Crippen LogP contribution is 2.28. The molecule has 0 aliphatic rings. The Morgan fingerprint density at radius 1 is 0.967 bits per heavy atom. The summed E-state index contributed by atoms with van der Waals surface area (Å²) in [4.78, 5) is 33.5. The molecule has 0 atom stereocenters. The number of halogens is 1. The quantitative estimate of drug-likeness (QED) is 0.536. The van der Waals surface area contributed by atoms with Crippen molar-refractivity contribution in [1.29, 1.82) is 0 Å². The molecular formula is C22H19ClN2O5. The fraction of sp³-hybridized carbons (Fsp3) is 0.182. The molecule has 0 radical (unpaired) electrons. The zero-order chi connectivity index (χ0) is 21.7. The van der Waals surface area contributed by atoms with Crippen molar-refractivity contribution in [1.82, 2.24) is 9.97 Å². The maximum Gasteiger partial charge on any atom is 0.345 e. The maximum atomic E-state index is 12.5. The second-order valence-electron chi connectivity index (χ2n) is 6.16. The molecule has 30 heavy (non-hydrogen) atoms. The third kappa shape index (κ3) is 4.75. The minimum atomic E-state index is -0.636. The van der Waals surface area contributed by atoms with Gasteiger partial charge >= 0.3 is 17.9 Å². The summed E-state index contributed by atoms with van der Waals surface area (Å²) in [5.74, 6) is -0.585. The summed E-state index contributed by atoms with van der Waals surface area (Å²) in [7, 11) is 1.54. The number of benzene rings is 2. The van der Waals surface area contributed by atoms with E-state index < -0.39 is 11.9 Å². The summed E-state index contributed by atoms with van der Waals surface area (Å²) in [6.07, 6.45) is 0. The van der Waals surface area contributed by atoms with E-state index >= 15 is 0 Å². The summed E-state index contributed by atoms with van der Waals surface area (Å²) in [5.41, 5.74) is 1.72. The van der Waals surface area contributed by atoms with Gasteiger partial charge in [0.2, 0.25) is 0 Å². The van der Waals surface area contributed by atoms with Gasteiger partial charge in [-0.15, -0.1) is 0 Å². The van der Waals surface area contributed by atoms with E-state index in [1.54, 1.807) is 62.4 Å². The number of ether oxygens (including phenoxy) is 3. The standard InChI is InChI=1S/C22H19ClN2O5/c1-4-29-21(27)18-13(2)24-22(25-19(18)14-5-9-16(23)10-6-14)30-20(26)15-7-11-17(28-3)12-8-15/h5-12H,4H2,1-3H3. The molecule has 1 aromatic heterocycles. The number of carbonyl (C=O) groups excluding carboxylic acids is 2.